The first-order valence-corrected chi connectivity index (χ1v) is 9.28. The highest BCUT2D eigenvalue weighted by molar-refractivity contribution is 5.93. The van der Waals surface area contributed by atoms with Gasteiger partial charge in [0.1, 0.15) is 5.75 Å². The van der Waals surface area contributed by atoms with Crippen LogP contribution in [0.2, 0.25) is 0 Å². The molecule has 3 aromatic rings. The lowest BCUT2D eigenvalue weighted by atomic mass is 10.1. The zero-order valence-electron chi connectivity index (χ0n) is 16.4. The molecule has 6 nitrogen and oxygen atoms in total. The normalized spacial score (nSPS) is 12.0. The van der Waals surface area contributed by atoms with Crippen molar-refractivity contribution in [2.24, 2.45) is 0 Å². The molecule has 0 radical (unpaired) electrons. The van der Waals surface area contributed by atoms with Crippen molar-refractivity contribution < 1.29 is 14.1 Å². The van der Waals surface area contributed by atoms with Crippen LogP contribution < -0.4 is 10.1 Å². The highest BCUT2D eigenvalue weighted by atomic mass is 16.5. The van der Waals surface area contributed by atoms with Crippen molar-refractivity contribution in [1.82, 2.24) is 15.4 Å². The SMILES string of the molecule is CCOc1ccc([C@@H](CNC(=O)c2cc(-c3ccccc3)on2)N(C)C)cc1. The van der Waals surface area contributed by atoms with Crippen LogP contribution in [0.1, 0.15) is 29.0 Å². The van der Waals surface area contributed by atoms with E-state index < -0.39 is 0 Å². The van der Waals surface area contributed by atoms with E-state index in [1.807, 2.05) is 75.6 Å². The Kier molecular flexibility index (Phi) is 6.45. The van der Waals surface area contributed by atoms with Gasteiger partial charge in [-0.2, -0.15) is 0 Å². The molecular formula is C22H25N3O3. The molecule has 3 rings (SSSR count). The second kappa shape index (κ2) is 9.19. The molecule has 28 heavy (non-hydrogen) atoms. The fourth-order valence-electron chi connectivity index (χ4n) is 2.95. The maximum absolute atomic E-state index is 12.5. The van der Waals surface area contributed by atoms with Crippen LogP contribution in [0.25, 0.3) is 11.3 Å². The average molecular weight is 379 g/mol. The van der Waals surface area contributed by atoms with E-state index in [1.165, 1.54) is 0 Å². The van der Waals surface area contributed by atoms with E-state index in [2.05, 4.69) is 15.4 Å². The van der Waals surface area contributed by atoms with Gasteiger partial charge in [0.05, 0.1) is 12.6 Å². The van der Waals surface area contributed by atoms with Gasteiger partial charge in [0.15, 0.2) is 11.5 Å². The first-order valence-electron chi connectivity index (χ1n) is 9.28. The number of carbonyl (C=O) groups excluding carboxylic acids is 1. The summed E-state index contributed by atoms with van der Waals surface area (Å²) in [5, 5.41) is 6.85. The number of hydrogen-bond donors (Lipinski definition) is 1. The third kappa shape index (κ3) is 4.78. The summed E-state index contributed by atoms with van der Waals surface area (Å²) in [6, 6.07) is 19.2. The van der Waals surface area contributed by atoms with E-state index >= 15 is 0 Å². The number of likely N-dealkylation sites (N-methyl/N-ethyl adjacent to an activating group) is 1. The Morgan fingerprint density at radius 2 is 1.86 bits per heavy atom. The van der Waals surface area contributed by atoms with Gasteiger partial charge in [-0.1, -0.05) is 47.6 Å². The van der Waals surface area contributed by atoms with Crippen LogP contribution in [-0.4, -0.2) is 43.2 Å². The fraction of sp³-hybridized carbons (Fsp3) is 0.273. The third-order valence-electron chi connectivity index (χ3n) is 4.46. The Morgan fingerprint density at radius 3 is 2.50 bits per heavy atom. The summed E-state index contributed by atoms with van der Waals surface area (Å²) in [6.07, 6.45) is 0. The molecular weight excluding hydrogens is 354 g/mol. The van der Waals surface area contributed by atoms with Crippen LogP contribution in [0.5, 0.6) is 5.75 Å². The smallest absolute Gasteiger partial charge is 0.273 e. The van der Waals surface area contributed by atoms with Crippen molar-refractivity contribution in [1.29, 1.82) is 0 Å². The lowest BCUT2D eigenvalue weighted by Crippen LogP contribution is -2.34. The first-order chi connectivity index (χ1) is 13.6. The molecule has 0 saturated carbocycles. The van der Waals surface area contributed by atoms with Crippen molar-refractivity contribution in [3.05, 3.63) is 71.9 Å². The number of rotatable bonds is 8. The summed E-state index contributed by atoms with van der Waals surface area (Å²) in [6.45, 7) is 3.04. The predicted molar refractivity (Wildman–Crippen MR) is 108 cm³/mol. The van der Waals surface area contributed by atoms with Gasteiger partial charge < -0.3 is 19.5 Å². The van der Waals surface area contributed by atoms with Crippen molar-refractivity contribution in [3.63, 3.8) is 0 Å². The summed E-state index contributed by atoms with van der Waals surface area (Å²) in [5.41, 5.74) is 2.25. The first kappa shape index (κ1) is 19.6. The van der Waals surface area contributed by atoms with Gasteiger partial charge in [-0.05, 0) is 38.7 Å². The second-order valence-corrected chi connectivity index (χ2v) is 6.63. The van der Waals surface area contributed by atoms with Gasteiger partial charge >= 0.3 is 0 Å². The molecule has 0 bridgehead atoms. The van der Waals surface area contributed by atoms with Crippen LogP contribution >= 0.6 is 0 Å². The maximum Gasteiger partial charge on any atom is 0.273 e. The van der Waals surface area contributed by atoms with Gasteiger partial charge in [0, 0.05) is 18.2 Å². The molecule has 0 unspecified atom stereocenters. The zero-order chi connectivity index (χ0) is 19.9. The van der Waals surface area contributed by atoms with Gasteiger partial charge in [-0.15, -0.1) is 0 Å². The van der Waals surface area contributed by atoms with Crippen LogP contribution in [0.3, 0.4) is 0 Å². The standard InChI is InChI=1S/C22H25N3O3/c1-4-27-18-12-10-16(11-13-18)20(25(2)3)15-23-22(26)19-14-21(28-24-19)17-8-6-5-7-9-17/h5-14,20H,4,15H2,1-3H3,(H,23,26)/t20-/m1/s1. The van der Waals surface area contributed by atoms with Crippen molar-refractivity contribution in [3.8, 4) is 17.1 Å². The number of benzene rings is 2. The molecule has 0 aliphatic rings. The number of nitrogens with one attached hydrogen (secondary N) is 1. The Balaban J connectivity index is 1.65. The molecule has 0 spiro atoms. The minimum absolute atomic E-state index is 0.0279. The molecule has 1 amide bonds. The zero-order valence-corrected chi connectivity index (χ0v) is 16.4. The highest BCUT2D eigenvalue weighted by Gasteiger charge is 2.18. The van der Waals surface area contributed by atoms with E-state index in [0.29, 0.717) is 18.9 Å². The third-order valence-corrected chi connectivity index (χ3v) is 4.46. The molecule has 0 aliphatic carbocycles. The monoisotopic (exact) mass is 379 g/mol. The fourth-order valence-corrected chi connectivity index (χ4v) is 2.95. The predicted octanol–water partition coefficient (Wildman–Crippen LogP) is 3.77. The molecule has 1 N–H and O–H groups in total. The topological polar surface area (TPSA) is 67.6 Å². The number of aromatic nitrogens is 1. The average Bonchev–Trinajstić information content (AvgIpc) is 3.20. The molecule has 1 atom stereocenters. The summed E-state index contributed by atoms with van der Waals surface area (Å²) in [4.78, 5) is 14.6. The van der Waals surface area contributed by atoms with Crippen molar-refractivity contribution >= 4 is 5.91 Å². The molecule has 146 valence electrons. The summed E-state index contributed by atoms with van der Waals surface area (Å²) in [5.74, 6) is 1.15. The second-order valence-electron chi connectivity index (χ2n) is 6.63. The van der Waals surface area contributed by atoms with Crippen molar-refractivity contribution in [2.75, 3.05) is 27.2 Å². The lowest BCUT2D eigenvalue weighted by Gasteiger charge is -2.25. The van der Waals surface area contributed by atoms with Crippen molar-refractivity contribution in [2.45, 2.75) is 13.0 Å². The quantitative estimate of drug-likeness (QED) is 0.645. The molecule has 1 aromatic heterocycles. The van der Waals surface area contributed by atoms with Crippen LogP contribution in [0.4, 0.5) is 0 Å². The van der Waals surface area contributed by atoms with Gasteiger partial charge in [0.25, 0.3) is 5.91 Å². The van der Waals surface area contributed by atoms with E-state index in [-0.39, 0.29) is 17.6 Å². The molecule has 0 aliphatic heterocycles. The van der Waals surface area contributed by atoms with E-state index in [0.717, 1.165) is 16.9 Å². The highest BCUT2D eigenvalue weighted by Crippen LogP contribution is 2.22. The molecule has 0 fully saturated rings. The number of amides is 1. The van der Waals surface area contributed by atoms with E-state index in [1.54, 1.807) is 6.07 Å². The molecule has 6 heteroatoms. The van der Waals surface area contributed by atoms with E-state index in [9.17, 15) is 4.79 Å². The lowest BCUT2D eigenvalue weighted by molar-refractivity contribution is 0.0933. The summed E-state index contributed by atoms with van der Waals surface area (Å²) < 4.78 is 10.8. The largest absolute Gasteiger partial charge is 0.494 e. The van der Waals surface area contributed by atoms with Crippen LogP contribution in [0, 0.1) is 0 Å². The minimum atomic E-state index is -0.260. The number of carbonyl (C=O) groups is 1. The number of hydrogen-bond acceptors (Lipinski definition) is 5. The Hall–Kier alpha value is -3.12. The van der Waals surface area contributed by atoms with Crippen LogP contribution in [-0.2, 0) is 0 Å². The Labute approximate surface area is 165 Å². The minimum Gasteiger partial charge on any atom is -0.494 e. The molecule has 0 saturated heterocycles. The number of ether oxygens (including phenoxy) is 1. The Bertz CT molecular complexity index is 889. The summed E-state index contributed by atoms with van der Waals surface area (Å²) in [7, 11) is 3.97. The van der Waals surface area contributed by atoms with E-state index in [4.69, 9.17) is 9.26 Å². The molecule has 1 heterocycles. The van der Waals surface area contributed by atoms with Gasteiger partial charge in [0.2, 0.25) is 0 Å². The maximum atomic E-state index is 12.5. The van der Waals surface area contributed by atoms with Gasteiger partial charge in [-0.25, -0.2) is 0 Å². The Morgan fingerprint density at radius 1 is 1.14 bits per heavy atom. The van der Waals surface area contributed by atoms with Gasteiger partial charge in [-0.3, -0.25) is 4.79 Å². The molecule has 2 aromatic carbocycles. The van der Waals surface area contributed by atoms with Crippen LogP contribution in [0.15, 0.2) is 65.2 Å². The summed E-state index contributed by atoms with van der Waals surface area (Å²) >= 11 is 0. The number of nitrogens with zero attached hydrogens (tertiary/aromatic N) is 2.